The second kappa shape index (κ2) is 8.89. The van der Waals surface area contributed by atoms with Crippen molar-refractivity contribution in [2.45, 2.75) is 17.9 Å². The van der Waals surface area contributed by atoms with Crippen LogP contribution in [0.3, 0.4) is 0 Å². The summed E-state index contributed by atoms with van der Waals surface area (Å²) in [5.41, 5.74) is 0. The van der Waals surface area contributed by atoms with Crippen LogP contribution in [-0.2, 0) is 24.3 Å². The third-order valence-corrected chi connectivity index (χ3v) is 4.90. The quantitative estimate of drug-likeness (QED) is 0.531. The van der Waals surface area contributed by atoms with Gasteiger partial charge in [0.1, 0.15) is 6.04 Å². The molecule has 0 bridgehead atoms. The molecule has 0 aliphatic rings. The zero-order valence-electron chi connectivity index (χ0n) is 12.5. The van der Waals surface area contributed by atoms with E-state index in [0.717, 1.165) is 6.07 Å². The lowest BCUT2D eigenvalue weighted by molar-refractivity contribution is -0.149. The molecule has 1 aromatic carbocycles. The number of ether oxygens (including phenoxy) is 1. The molecule has 24 heavy (non-hydrogen) atoms. The molecule has 1 amide bonds. The van der Waals surface area contributed by atoms with E-state index < -0.39 is 34.5 Å². The fourth-order valence-corrected chi connectivity index (χ4v) is 3.04. The van der Waals surface area contributed by atoms with Crippen LogP contribution in [0.2, 0.25) is 10.0 Å². The Morgan fingerprint density at radius 3 is 2.58 bits per heavy atom. The van der Waals surface area contributed by atoms with E-state index in [1.807, 2.05) is 0 Å². The van der Waals surface area contributed by atoms with Crippen molar-refractivity contribution in [1.82, 2.24) is 10.0 Å². The van der Waals surface area contributed by atoms with Crippen LogP contribution in [0.4, 0.5) is 0 Å². The van der Waals surface area contributed by atoms with E-state index in [4.69, 9.17) is 34.4 Å². The fourth-order valence-electron chi connectivity index (χ4n) is 1.46. The minimum absolute atomic E-state index is 0.00407. The maximum atomic E-state index is 12.2. The molecule has 0 saturated carbocycles. The molecule has 0 aromatic heterocycles. The minimum Gasteiger partial charge on any atom is -0.454 e. The van der Waals surface area contributed by atoms with Gasteiger partial charge in [0.25, 0.3) is 5.91 Å². The van der Waals surface area contributed by atoms with Crippen LogP contribution >= 0.6 is 23.2 Å². The summed E-state index contributed by atoms with van der Waals surface area (Å²) >= 11 is 11.5. The number of sulfonamides is 1. The molecule has 10 heteroatoms. The Morgan fingerprint density at radius 2 is 2.00 bits per heavy atom. The number of nitrogens with one attached hydrogen (secondary N) is 2. The topological polar surface area (TPSA) is 102 Å². The van der Waals surface area contributed by atoms with E-state index in [1.54, 1.807) is 0 Å². The Balaban J connectivity index is 2.66. The van der Waals surface area contributed by atoms with Gasteiger partial charge in [-0.2, -0.15) is 4.72 Å². The van der Waals surface area contributed by atoms with Gasteiger partial charge in [0, 0.05) is 0 Å². The molecule has 0 unspecified atom stereocenters. The Kier molecular flexibility index (Phi) is 7.51. The Morgan fingerprint density at radius 1 is 1.33 bits per heavy atom. The van der Waals surface area contributed by atoms with Gasteiger partial charge in [-0.1, -0.05) is 29.1 Å². The van der Waals surface area contributed by atoms with Crippen LogP contribution < -0.4 is 10.0 Å². The summed E-state index contributed by atoms with van der Waals surface area (Å²) in [6.07, 6.45) is 4.96. The van der Waals surface area contributed by atoms with Gasteiger partial charge in [0.2, 0.25) is 10.0 Å². The lowest BCUT2D eigenvalue weighted by Crippen LogP contribution is -2.40. The number of rotatable bonds is 7. The summed E-state index contributed by atoms with van der Waals surface area (Å²) in [6, 6.07) is 2.49. The summed E-state index contributed by atoms with van der Waals surface area (Å²) in [6.45, 7) is 0.700. The molecule has 0 aliphatic heterocycles. The van der Waals surface area contributed by atoms with Gasteiger partial charge in [-0.15, -0.1) is 6.42 Å². The highest BCUT2D eigenvalue weighted by Crippen LogP contribution is 2.24. The molecule has 0 radical (unpaired) electrons. The van der Waals surface area contributed by atoms with E-state index in [-0.39, 0.29) is 21.5 Å². The second-order valence-corrected chi connectivity index (χ2v) is 7.04. The zero-order valence-corrected chi connectivity index (χ0v) is 14.8. The van der Waals surface area contributed by atoms with E-state index in [1.165, 1.54) is 19.1 Å². The van der Waals surface area contributed by atoms with Crippen LogP contribution in [0.1, 0.15) is 6.92 Å². The van der Waals surface area contributed by atoms with Crippen LogP contribution in [0, 0.1) is 12.3 Å². The first-order valence-corrected chi connectivity index (χ1v) is 8.75. The molecule has 0 spiro atoms. The van der Waals surface area contributed by atoms with Crippen molar-refractivity contribution in [3.8, 4) is 12.3 Å². The van der Waals surface area contributed by atoms with Gasteiger partial charge >= 0.3 is 5.97 Å². The van der Waals surface area contributed by atoms with Crippen molar-refractivity contribution in [1.29, 1.82) is 0 Å². The normalized spacial score (nSPS) is 12.1. The first-order valence-electron chi connectivity index (χ1n) is 6.51. The van der Waals surface area contributed by atoms with E-state index in [2.05, 4.69) is 16.0 Å². The van der Waals surface area contributed by atoms with Gasteiger partial charge in [0.15, 0.2) is 6.61 Å². The van der Waals surface area contributed by atoms with E-state index in [9.17, 15) is 18.0 Å². The van der Waals surface area contributed by atoms with Crippen LogP contribution in [0.15, 0.2) is 23.1 Å². The van der Waals surface area contributed by atoms with Crippen molar-refractivity contribution in [3.63, 3.8) is 0 Å². The van der Waals surface area contributed by atoms with Crippen molar-refractivity contribution in [2.75, 3.05) is 13.2 Å². The molecule has 1 rings (SSSR count). The Labute approximate surface area is 149 Å². The maximum Gasteiger partial charge on any atom is 0.324 e. The van der Waals surface area contributed by atoms with Gasteiger partial charge in [-0.25, -0.2) is 8.42 Å². The fraction of sp³-hybridized carbons (Fsp3) is 0.286. The third-order valence-electron chi connectivity index (χ3n) is 2.62. The second-order valence-electron chi connectivity index (χ2n) is 4.51. The minimum atomic E-state index is -4.02. The van der Waals surface area contributed by atoms with E-state index in [0.29, 0.717) is 0 Å². The first-order chi connectivity index (χ1) is 11.2. The van der Waals surface area contributed by atoms with Crippen molar-refractivity contribution < 1.29 is 22.7 Å². The van der Waals surface area contributed by atoms with Gasteiger partial charge < -0.3 is 10.1 Å². The van der Waals surface area contributed by atoms with Crippen LogP contribution in [0.25, 0.3) is 0 Å². The molecule has 130 valence electrons. The molecular formula is C14H14Cl2N2O5S. The first kappa shape index (κ1) is 20.3. The Hall–Kier alpha value is -1.79. The average molecular weight is 393 g/mol. The standard InChI is InChI=1S/C14H14Cl2N2O5S/c1-3-6-17-13(19)8-23-14(20)9(2)18-24(21,22)10-4-5-11(15)12(16)7-10/h1,4-5,7,9,18H,6,8H2,2H3,(H,17,19)/t9-/m0/s1. The SMILES string of the molecule is C#CCNC(=O)COC(=O)[C@H](C)NS(=O)(=O)c1ccc(Cl)c(Cl)c1. The average Bonchev–Trinajstić information content (AvgIpc) is 2.52. The summed E-state index contributed by atoms with van der Waals surface area (Å²) in [5, 5.41) is 2.55. The molecule has 7 nitrogen and oxygen atoms in total. The third kappa shape index (κ3) is 6.02. The molecule has 1 aromatic rings. The number of carbonyl (C=O) groups excluding carboxylic acids is 2. The molecule has 2 N–H and O–H groups in total. The predicted molar refractivity (Wildman–Crippen MR) is 89.0 cm³/mol. The monoisotopic (exact) mass is 392 g/mol. The number of hydrogen-bond donors (Lipinski definition) is 2. The highest BCUT2D eigenvalue weighted by Gasteiger charge is 2.24. The summed E-state index contributed by atoms with van der Waals surface area (Å²) in [4.78, 5) is 22.8. The number of carbonyl (C=O) groups is 2. The summed E-state index contributed by atoms with van der Waals surface area (Å²) in [5.74, 6) is 0.664. The lowest BCUT2D eigenvalue weighted by Gasteiger charge is -2.14. The molecule has 0 saturated heterocycles. The maximum absolute atomic E-state index is 12.2. The largest absolute Gasteiger partial charge is 0.454 e. The molecule has 0 fully saturated rings. The molecule has 1 atom stereocenters. The van der Waals surface area contributed by atoms with Crippen molar-refractivity contribution in [2.24, 2.45) is 0 Å². The van der Waals surface area contributed by atoms with Gasteiger partial charge in [0.05, 0.1) is 21.5 Å². The molecular weight excluding hydrogens is 379 g/mol. The number of esters is 1. The number of hydrogen-bond acceptors (Lipinski definition) is 5. The number of benzene rings is 1. The van der Waals surface area contributed by atoms with Crippen molar-refractivity contribution >= 4 is 45.1 Å². The molecule has 0 heterocycles. The van der Waals surface area contributed by atoms with Gasteiger partial charge in [-0.05, 0) is 25.1 Å². The zero-order chi connectivity index (χ0) is 18.3. The number of terminal acetylenes is 1. The Bertz CT molecular complexity index is 774. The van der Waals surface area contributed by atoms with E-state index >= 15 is 0 Å². The van der Waals surface area contributed by atoms with Crippen LogP contribution in [0.5, 0.6) is 0 Å². The summed E-state index contributed by atoms with van der Waals surface area (Å²) in [7, 11) is -4.02. The number of halogens is 2. The number of amides is 1. The summed E-state index contributed by atoms with van der Waals surface area (Å²) < 4.78 is 31.1. The van der Waals surface area contributed by atoms with Crippen molar-refractivity contribution in [3.05, 3.63) is 28.2 Å². The predicted octanol–water partition coefficient (Wildman–Crippen LogP) is 0.953. The molecule has 0 aliphatic carbocycles. The van der Waals surface area contributed by atoms with Gasteiger partial charge in [-0.3, -0.25) is 9.59 Å². The smallest absolute Gasteiger partial charge is 0.324 e. The van der Waals surface area contributed by atoms with Crippen LogP contribution in [-0.4, -0.2) is 39.5 Å². The highest BCUT2D eigenvalue weighted by molar-refractivity contribution is 7.89. The lowest BCUT2D eigenvalue weighted by atomic mass is 10.4. The highest BCUT2D eigenvalue weighted by atomic mass is 35.5.